The average molecular weight is 230 g/mol. The molecule has 6 nitrogen and oxygen atoms in total. The van der Waals surface area contributed by atoms with E-state index in [4.69, 9.17) is 5.14 Å². The second-order valence-electron chi connectivity index (χ2n) is 2.44. The highest BCUT2D eigenvalue weighted by Gasteiger charge is 2.17. The van der Waals surface area contributed by atoms with Gasteiger partial charge in [0, 0.05) is 24.0 Å². The first kappa shape index (κ1) is 9.31. The minimum atomic E-state index is -3.80. The molecule has 0 aromatic carbocycles. The number of thiazole rings is 1. The van der Waals surface area contributed by atoms with Crippen LogP contribution in [0.5, 0.6) is 0 Å². The van der Waals surface area contributed by atoms with Crippen LogP contribution in [0.15, 0.2) is 29.1 Å². The summed E-state index contributed by atoms with van der Waals surface area (Å²) >= 11 is 1.30. The fourth-order valence-corrected chi connectivity index (χ4v) is 2.29. The van der Waals surface area contributed by atoms with Crippen LogP contribution in [0, 0.1) is 0 Å². The number of primary sulfonamides is 1. The van der Waals surface area contributed by atoms with Crippen molar-refractivity contribution in [3.05, 3.63) is 24.0 Å². The minimum Gasteiger partial charge on any atom is -0.265 e. The molecule has 2 heterocycles. The van der Waals surface area contributed by atoms with Crippen LogP contribution in [0.1, 0.15) is 0 Å². The number of nitrogens with zero attached hydrogens (tertiary/aromatic N) is 3. The van der Waals surface area contributed by atoms with E-state index in [1.54, 1.807) is 11.6 Å². The number of hydrogen-bond donors (Lipinski definition) is 1. The summed E-state index contributed by atoms with van der Waals surface area (Å²) in [6.45, 7) is 0. The highest BCUT2D eigenvalue weighted by molar-refractivity contribution is 7.89. The molecule has 0 spiro atoms. The predicted molar refractivity (Wildman–Crippen MR) is 50.6 cm³/mol. The summed E-state index contributed by atoms with van der Waals surface area (Å²) in [4.78, 5) is 7.61. The first-order chi connectivity index (χ1) is 6.59. The van der Waals surface area contributed by atoms with Crippen LogP contribution in [0.25, 0.3) is 5.13 Å². The van der Waals surface area contributed by atoms with Gasteiger partial charge in [-0.2, -0.15) is 0 Å². The van der Waals surface area contributed by atoms with E-state index >= 15 is 0 Å². The number of nitrogens with two attached hydrogens (primary N) is 1. The molecular formula is C6H6N4O2S2. The van der Waals surface area contributed by atoms with Crippen molar-refractivity contribution in [3.63, 3.8) is 0 Å². The number of imidazole rings is 1. The topological polar surface area (TPSA) is 90.9 Å². The molecule has 0 unspecified atom stereocenters. The van der Waals surface area contributed by atoms with Gasteiger partial charge in [0.05, 0.1) is 0 Å². The smallest absolute Gasteiger partial charge is 0.265 e. The van der Waals surface area contributed by atoms with E-state index in [2.05, 4.69) is 9.97 Å². The van der Waals surface area contributed by atoms with Crippen LogP contribution in [0.2, 0.25) is 0 Å². The molecule has 0 saturated carbocycles. The Labute approximate surface area is 84.1 Å². The number of rotatable bonds is 2. The Morgan fingerprint density at radius 1 is 1.36 bits per heavy atom. The van der Waals surface area contributed by atoms with Gasteiger partial charge >= 0.3 is 0 Å². The van der Waals surface area contributed by atoms with Crippen LogP contribution in [0.3, 0.4) is 0 Å². The van der Waals surface area contributed by atoms with Gasteiger partial charge in [0.25, 0.3) is 10.0 Å². The molecule has 0 saturated heterocycles. The van der Waals surface area contributed by atoms with Gasteiger partial charge in [-0.1, -0.05) is 0 Å². The molecule has 0 radical (unpaired) electrons. The highest BCUT2D eigenvalue weighted by atomic mass is 32.2. The van der Waals surface area contributed by atoms with Crippen LogP contribution >= 0.6 is 11.3 Å². The number of aromatic nitrogens is 3. The summed E-state index contributed by atoms with van der Waals surface area (Å²) in [7, 11) is -3.80. The largest absolute Gasteiger partial charge is 0.272 e. The summed E-state index contributed by atoms with van der Waals surface area (Å²) in [5, 5.41) is 7.03. The Hall–Kier alpha value is -1.25. The van der Waals surface area contributed by atoms with Gasteiger partial charge in [0.15, 0.2) is 5.13 Å². The molecule has 2 aromatic heterocycles. The van der Waals surface area contributed by atoms with Gasteiger partial charge in [0.2, 0.25) is 5.16 Å². The summed E-state index contributed by atoms with van der Waals surface area (Å²) in [5.74, 6) is 0. The molecule has 0 aliphatic rings. The van der Waals surface area contributed by atoms with Gasteiger partial charge in [0.1, 0.15) is 0 Å². The minimum absolute atomic E-state index is 0.201. The maximum absolute atomic E-state index is 11.1. The summed E-state index contributed by atoms with van der Waals surface area (Å²) < 4.78 is 23.5. The molecule has 0 atom stereocenters. The third kappa shape index (κ3) is 1.54. The maximum Gasteiger partial charge on any atom is 0.272 e. The Morgan fingerprint density at radius 3 is 2.71 bits per heavy atom. The van der Waals surface area contributed by atoms with Gasteiger partial charge in [-0.3, -0.25) is 4.57 Å². The van der Waals surface area contributed by atoms with Crippen LogP contribution in [-0.2, 0) is 10.0 Å². The molecule has 14 heavy (non-hydrogen) atoms. The highest BCUT2D eigenvalue weighted by Crippen LogP contribution is 2.15. The number of hydrogen-bond acceptors (Lipinski definition) is 5. The van der Waals surface area contributed by atoms with E-state index in [-0.39, 0.29) is 5.16 Å². The van der Waals surface area contributed by atoms with Crippen LogP contribution < -0.4 is 5.14 Å². The second kappa shape index (κ2) is 3.15. The van der Waals surface area contributed by atoms with E-state index in [0.29, 0.717) is 5.13 Å². The molecule has 8 heteroatoms. The van der Waals surface area contributed by atoms with Crippen LogP contribution in [-0.4, -0.2) is 23.0 Å². The molecule has 0 amide bonds. The molecule has 2 aromatic rings. The zero-order valence-corrected chi connectivity index (χ0v) is 8.49. The Morgan fingerprint density at radius 2 is 2.14 bits per heavy atom. The zero-order chi connectivity index (χ0) is 10.2. The number of sulfonamides is 1. The van der Waals surface area contributed by atoms with Crippen molar-refractivity contribution >= 4 is 21.4 Å². The molecule has 2 N–H and O–H groups in total. The van der Waals surface area contributed by atoms with Crippen molar-refractivity contribution in [2.24, 2.45) is 5.14 Å². The monoisotopic (exact) mass is 230 g/mol. The first-order valence-electron chi connectivity index (χ1n) is 3.55. The first-order valence-corrected chi connectivity index (χ1v) is 5.97. The van der Waals surface area contributed by atoms with Gasteiger partial charge in [-0.15, -0.1) is 11.3 Å². The second-order valence-corrected chi connectivity index (χ2v) is 4.77. The fraction of sp³-hybridized carbons (Fsp3) is 0. The van der Waals surface area contributed by atoms with Crippen LogP contribution in [0.4, 0.5) is 0 Å². The van der Waals surface area contributed by atoms with E-state index in [0.717, 1.165) is 0 Å². The Kier molecular flexibility index (Phi) is 2.10. The van der Waals surface area contributed by atoms with Gasteiger partial charge in [-0.25, -0.2) is 23.5 Å². The lowest BCUT2D eigenvalue weighted by molar-refractivity contribution is 0.586. The standard InChI is InChI=1S/C6H6N4O2S2/c7-14(11,12)6-9-1-3-10(6)5-8-2-4-13-5/h1-4H,(H2,7,11,12). The van der Waals surface area contributed by atoms with Crippen molar-refractivity contribution < 1.29 is 8.42 Å². The van der Waals surface area contributed by atoms with Crippen molar-refractivity contribution in [2.75, 3.05) is 0 Å². The van der Waals surface area contributed by atoms with E-state index in [1.807, 2.05) is 0 Å². The Balaban J connectivity index is 2.62. The normalized spacial score (nSPS) is 11.8. The summed E-state index contributed by atoms with van der Waals surface area (Å²) in [6.07, 6.45) is 4.44. The quantitative estimate of drug-likeness (QED) is 0.784. The van der Waals surface area contributed by atoms with Crippen molar-refractivity contribution in [3.8, 4) is 5.13 Å². The van der Waals surface area contributed by atoms with E-state index < -0.39 is 10.0 Å². The molecule has 0 fully saturated rings. The molecule has 0 aliphatic heterocycles. The third-order valence-corrected chi connectivity index (χ3v) is 3.07. The average Bonchev–Trinajstić information content (AvgIpc) is 2.73. The van der Waals surface area contributed by atoms with Crippen molar-refractivity contribution in [2.45, 2.75) is 5.16 Å². The lowest BCUT2D eigenvalue weighted by Gasteiger charge is -2.00. The Bertz CT molecular complexity index is 528. The molecule has 74 valence electrons. The zero-order valence-electron chi connectivity index (χ0n) is 6.86. The van der Waals surface area contributed by atoms with Gasteiger partial charge in [-0.05, 0) is 0 Å². The van der Waals surface area contributed by atoms with Crippen molar-refractivity contribution in [1.82, 2.24) is 14.5 Å². The van der Waals surface area contributed by atoms with E-state index in [9.17, 15) is 8.42 Å². The molecular weight excluding hydrogens is 224 g/mol. The molecule has 2 rings (SSSR count). The van der Waals surface area contributed by atoms with Gasteiger partial charge < -0.3 is 0 Å². The molecule has 0 bridgehead atoms. The maximum atomic E-state index is 11.1. The fourth-order valence-electron chi connectivity index (χ4n) is 0.981. The predicted octanol–water partition coefficient (Wildman–Crippen LogP) is -0.0238. The lowest BCUT2D eigenvalue weighted by atomic mass is 10.9. The molecule has 0 aliphatic carbocycles. The SMILES string of the molecule is NS(=O)(=O)c1nccn1-c1nccs1. The van der Waals surface area contributed by atoms with E-state index in [1.165, 1.54) is 28.3 Å². The van der Waals surface area contributed by atoms with Crippen molar-refractivity contribution in [1.29, 1.82) is 0 Å². The summed E-state index contributed by atoms with van der Waals surface area (Å²) in [5.41, 5.74) is 0. The lowest BCUT2D eigenvalue weighted by Crippen LogP contribution is -2.17. The third-order valence-electron chi connectivity index (χ3n) is 1.49. The summed E-state index contributed by atoms with van der Waals surface area (Å²) in [6, 6.07) is 0.